The van der Waals surface area contributed by atoms with Crippen LogP contribution < -0.4 is 9.47 Å². The number of hydrogen-bond acceptors (Lipinski definition) is 4. The van der Waals surface area contributed by atoms with E-state index in [1.54, 1.807) is 20.4 Å². The number of ether oxygens (including phenoxy) is 2. The molecular weight excluding hydrogens is 252 g/mol. The topological polar surface area (TPSA) is 44.2 Å². The molecule has 0 atom stereocenters. The minimum Gasteiger partial charge on any atom is -0.493 e. The van der Waals surface area contributed by atoms with Crippen LogP contribution in [0.25, 0.3) is 22.3 Å². The number of hydrogen-bond donors (Lipinski definition) is 0. The predicted molar refractivity (Wildman–Crippen MR) is 78.1 cm³/mol. The van der Waals surface area contributed by atoms with Crippen LogP contribution in [-0.2, 0) is 0 Å². The van der Waals surface area contributed by atoms with Crippen molar-refractivity contribution >= 4 is 10.9 Å². The summed E-state index contributed by atoms with van der Waals surface area (Å²) in [4.78, 5) is 8.98. The minimum atomic E-state index is 0.665. The van der Waals surface area contributed by atoms with E-state index in [9.17, 15) is 0 Å². The van der Waals surface area contributed by atoms with E-state index in [2.05, 4.69) is 9.97 Å². The van der Waals surface area contributed by atoms with Crippen LogP contribution in [0, 0.1) is 0 Å². The Morgan fingerprint density at radius 3 is 2.30 bits per heavy atom. The molecular formula is C16H14N2O2. The van der Waals surface area contributed by atoms with Crippen LogP contribution in [0.4, 0.5) is 0 Å². The van der Waals surface area contributed by atoms with Gasteiger partial charge in [-0.05, 0) is 6.07 Å². The van der Waals surface area contributed by atoms with Gasteiger partial charge in [0, 0.05) is 23.2 Å². The molecule has 0 saturated carbocycles. The van der Waals surface area contributed by atoms with Gasteiger partial charge < -0.3 is 9.47 Å². The maximum absolute atomic E-state index is 5.30. The Bertz CT molecular complexity index is 742. The Kier molecular flexibility index (Phi) is 3.21. The quantitative estimate of drug-likeness (QED) is 0.729. The van der Waals surface area contributed by atoms with Gasteiger partial charge in [0.25, 0.3) is 0 Å². The lowest BCUT2D eigenvalue weighted by atomic mass is 10.2. The zero-order valence-corrected chi connectivity index (χ0v) is 11.3. The first-order chi connectivity index (χ1) is 9.81. The van der Waals surface area contributed by atoms with E-state index in [0.29, 0.717) is 17.3 Å². The van der Waals surface area contributed by atoms with E-state index < -0.39 is 0 Å². The van der Waals surface area contributed by atoms with Gasteiger partial charge in [-0.1, -0.05) is 30.3 Å². The fourth-order valence-corrected chi connectivity index (χ4v) is 2.08. The third kappa shape index (κ3) is 2.16. The van der Waals surface area contributed by atoms with Gasteiger partial charge >= 0.3 is 0 Å². The molecule has 1 aromatic heterocycles. The largest absolute Gasteiger partial charge is 0.493 e. The van der Waals surface area contributed by atoms with Gasteiger partial charge in [-0.3, -0.25) is 0 Å². The molecule has 0 aliphatic carbocycles. The van der Waals surface area contributed by atoms with E-state index in [1.165, 1.54) is 0 Å². The zero-order chi connectivity index (χ0) is 13.9. The smallest absolute Gasteiger partial charge is 0.162 e. The number of methoxy groups -OCH3 is 2. The van der Waals surface area contributed by atoms with Crippen molar-refractivity contribution in [2.24, 2.45) is 0 Å². The van der Waals surface area contributed by atoms with Gasteiger partial charge in [-0.25, -0.2) is 9.97 Å². The van der Waals surface area contributed by atoms with E-state index in [4.69, 9.17) is 9.47 Å². The van der Waals surface area contributed by atoms with Crippen LogP contribution in [0.3, 0.4) is 0 Å². The summed E-state index contributed by atoms with van der Waals surface area (Å²) < 4.78 is 10.6. The Labute approximate surface area is 117 Å². The summed E-state index contributed by atoms with van der Waals surface area (Å²) in [5.41, 5.74) is 1.82. The van der Waals surface area contributed by atoms with Crippen LogP contribution in [0.15, 0.2) is 48.7 Å². The molecule has 0 radical (unpaired) electrons. The molecule has 20 heavy (non-hydrogen) atoms. The van der Waals surface area contributed by atoms with Gasteiger partial charge in [0.1, 0.15) is 0 Å². The van der Waals surface area contributed by atoms with Crippen molar-refractivity contribution in [2.75, 3.05) is 14.2 Å². The number of benzene rings is 2. The van der Waals surface area contributed by atoms with Crippen LogP contribution in [0.1, 0.15) is 0 Å². The highest BCUT2D eigenvalue weighted by molar-refractivity contribution is 5.83. The molecule has 3 rings (SSSR count). The SMILES string of the molecule is COc1cc2cnc(-c3ccccc3)nc2cc1OC. The first-order valence-electron chi connectivity index (χ1n) is 6.26. The molecule has 0 fully saturated rings. The molecule has 0 N–H and O–H groups in total. The predicted octanol–water partition coefficient (Wildman–Crippen LogP) is 3.31. The molecule has 0 unspecified atom stereocenters. The minimum absolute atomic E-state index is 0.665. The number of rotatable bonds is 3. The fourth-order valence-electron chi connectivity index (χ4n) is 2.08. The molecule has 0 saturated heterocycles. The second-order valence-electron chi connectivity index (χ2n) is 4.33. The van der Waals surface area contributed by atoms with Crippen LogP contribution in [0.5, 0.6) is 11.5 Å². The molecule has 0 aliphatic rings. The summed E-state index contributed by atoms with van der Waals surface area (Å²) in [6, 6.07) is 13.6. The Morgan fingerprint density at radius 1 is 0.900 bits per heavy atom. The van der Waals surface area contributed by atoms with Crippen LogP contribution in [-0.4, -0.2) is 24.2 Å². The standard InChI is InChI=1S/C16H14N2O2/c1-19-14-8-12-10-17-16(11-6-4-3-5-7-11)18-13(12)9-15(14)20-2/h3-10H,1-2H3. The molecule has 100 valence electrons. The van der Waals surface area contributed by atoms with Crippen molar-refractivity contribution in [3.05, 3.63) is 48.7 Å². The molecule has 0 spiro atoms. The molecule has 1 heterocycles. The summed E-state index contributed by atoms with van der Waals surface area (Å²) in [6.45, 7) is 0. The second kappa shape index (κ2) is 5.17. The van der Waals surface area contributed by atoms with Gasteiger partial charge in [0.2, 0.25) is 0 Å². The summed E-state index contributed by atoms with van der Waals surface area (Å²) in [6.07, 6.45) is 1.80. The highest BCUT2D eigenvalue weighted by atomic mass is 16.5. The average Bonchev–Trinajstić information content (AvgIpc) is 2.53. The van der Waals surface area contributed by atoms with Gasteiger partial charge in [0.05, 0.1) is 19.7 Å². The molecule has 0 bridgehead atoms. The third-order valence-corrected chi connectivity index (χ3v) is 3.12. The monoisotopic (exact) mass is 266 g/mol. The maximum atomic E-state index is 5.30. The zero-order valence-electron chi connectivity index (χ0n) is 11.3. The first-order valence-corrected chi connectivity index (χ1v) is 6.26. The van der Waals surface area contributed by atoms with Crippen molar-refractivity contribution in [1.82, 2.24) is 9.97 Å². The second-order valence-corrected chi connectivity index (χ2v) is 4.33. The Morgan fingerprint density at radius 2 is 1.60 bits per heavy atom. The Balaban J connectivity index is 2.16. The van der Waals surface area contributed by atoms with E-state index >= 15 is 0 Å². The summed E-state index contributed by atoms with van der Waals surface area (Å²) in [7, 11) is 3.23. The van der Waals surface area contributed by atoms with Crippen molar-refractivity contribution in [2.45, 2.75) is 0 Å². The number of nitrogens with zero attached hydrogens (tertiary/aromatic N) is 2. The van der Waals surface area contributed by atoms with Gasteiger partial charge in [-0.2, -0.15) is 0 Å². The number of fused-ring (bicyclic) bond motifs is 1. The fraction of sp³-hybridized carbons (Fsp3) is 0.125. The van der Waals surface area contributed by atoms with Crippen molar-refractivity contribution < 1.29 is 9.47 Å². The molecule has 0 aliphatic heterocycles. The van der Waals surface area contributed by atoms with Crippen LogP contribution in [0.2, 0.25) is 0 Å². The Hall–Kier alpha value is -2.62. The van der Waals surface area contributed by atoms with Crippen molar-refractivity contribution in [3.63, 3.8) is 0 Å². The lowest BCUT2D eigenvalue weighted by molar-refractivity contribution is 0.356. The highest BCUT2D eigenvalue weighted by Crippen LogP contribution is 2.31. The molecule has 4 heteroatoms. The lowest BCUT2D eigenvalue weighted by Gasteiger charge is -2.09. The van der Waals surface area contributed by atoms with Crippen molar-refractivity contribution in [1.29, 1.82) is 0 Å². The van der Waals surface area contributed by atoms with Crippen LogP contribution >= 0.6 is 0 Å². The van der Waals surface area contributed by atoms with E-state index in [0.717, 1.165) is 16.5 Å². The summed E-state index contributed by atoms with van der Waals surface area (Å²) in [5, 5.41) is 0.919. The first kappa shape index (κ1) is 12.4. The van der Waals surface area contributed by atoms with E-state index in [-0.39, 0.29) is 0 Å². The molecule has 4 nitrogen and oxygen atoms in total. The molecule has 0 amide bonds. The highest BCUT2D eigenvalue weighted by Gasteiger charge is 2.08. The summed E-state index contributed by atoms with van der Waals surface area (Å²) in [5.74, 6) is 2.04. The maximum Gasteiger partial charge on any atom is 0.162 e. The van der Waals surface area contributed by atoms with Gasteiger partial charge in [0.15, 0.2) is 17.3 Å². The van der Waals surface area contributed by atoms with Crippen molar-refractivity contribution in [3.8, 4) is 22.9 Å². The normalized spacial score (nSPS) is 10.5. The number of aromatic nitrogens is 2. The third-order valence-electron chi connectivity index (χ3n) is 3.12. The molecule has 3 aromatic rings. The molecule has 2 aromatic carbocycles. The average molecular weight is 266 g/mol. The summed E-state index contributed by atoms with van der Waals surface area (Å²) >= 11 is 0. The van der Waals surface area contributed by atoms with Gasteiger partial charge in [-0.15, -0.1) is 0 Å². The lowest BCUT2D eigenvalue weighted by Crippen LogP contribution is -1.94. The van der Waals surface area contributed by atoms with E-state index in [1.807, 2.05) is 42.5 Å².